The maximum absolute atomic E-state index is 12.1. The van der Waals surface area contributed by atoms with Crippen LogP contribution in [0.5, 0.6) is 5.75 Å². The highest BCUT2D eigenvalue weighted by Crippen LogP contribution is 2.22. The van der Waals surface area contributed by atoms with Gasteiger partial charge in [0.1, 0.15) is 11.5 Å². The number of nitrogens with one attached hydrogen (secondary N) is 1. The van der Waals surface area contributed by atoms with Crippen molar-refractivity contribution in [2.45, 2.75) is 20.4 Å². The smallest absolute Gasteiger partial charge is 0.255 e. The molecule has 6 heteroatoms. The molecule has 0 radical (unpaired) electrons. The van der Waals surface area contributed by atoms with Crippen molar-refractivity contribution in [2.24, 2.45) is 0 Å². The van der Waals surface area contributed by atoms with E-state index in [1.54, 1.807) is 18.2 Å². The first-order valence-corrected chi connectivity index (χ1v) is 6.43. The molecule has 0 fully saturated rings. The summed E-state index contributed by atoms with van der Waals surface area (Å²) < 4.78 is 10.5. The van der Waals surface area contributed by atoms with Crippen LogP contribution in [0.1, 0.15) is 27.7 Å². The molecule has 0 atom stereocenters. The largest absolute Gasteiger partial charge is 0.496 e. The fourth-order valence-corrected chi connectivity index (χ4v) is 1.90. The van der Waals surface area contributed by atoms with E-state index in [1.807, 2.05) is 13.8 Å². The van der Waals surface area contributed by atoms with Gasteiger partial charge in [-0.1, -0.05) is 11.6 Å². The van der Waals surface area contributed by atoms with Gasteiger partial charge in [-0.15, -0.1) is 0 Å². The van der Waals surface area contributed by atoms with Gasteiger partial charge >= 0.3 is 0 Å². The van der Waals surface area contributed by atoms with Crippen LogP contribution in [0, 0.1) is 13.8 Å². The molecule has 0 aliphatic rings. The van der Waals surface area contributed by atoms with E-state index >= 15 is 0 Å². The Hall–Kier alpha value is -2.01. The van der Waals surface area contributed by atoms with E-state index in [2.05, 4.69) is 10.3 Å². The number of amides is 1. The lowest BCUT2D eigenvalue weighted by Gasteiger charge is -2.08. The Morgan fingerprint density at radius 2 is 2.20 bits per heavy atom. The number of methoxy groups -OCH3 is 1. The third-order valence-electron chi connectivity index (χ3n) is 2.88. The molecule has 0 spiro atoms. The van der Waals surface area contributed by atoms with Crippen molar-refractivity contribution in [1.82, 2.24) is 10.3 Å². The van der Waals surface area contributed by atoms with Crippen molar-refractivity contribution in [3.05, 3.63) is 46.1 Å². The number of halogens is 1. The Bertz CT molecular complexity index is 618. The Morgan fingerprint density at radius 1 is 1.45 bits per heavy atom. The van der Waals surface area contributed by atoms with Crippen molar-refractivity contribution >= 4 is 17.5 Å². The molecular weight excluding hydrogens is 280 g/mol. The molecule has 0 saturated carbocycles. The van der Waals surface area contributed by atoms with Crippen molar-refractivity contribution in [3.8, 4) is 5.75 Å². The fraction of sp³-hybridized carbons (Fsp3) is 0.286. The predicted molar refractivity (Wildman–Crippen MR) is 75.2 cm³/mol. The summed E-state index contributed by atoms with van der Waals surface area (Å²) in [6, 6.07) is 4.87. The number of rotatable bonds is 4. The van der Waals surface area contributed by atoms with Crippen LogP contribution in [0.3, 0.4) is 0 Å². The summed E-state index contributed by atoms with van der Waals surface area (Å²) in [5, 5.41) is 3.19. The predicted octanol–water partition coefficient (Wildman–Crippen LogP) is 2.88. The van der Waals surface area contributed by atoms with E-state index in [-0.39, 0.29) is 12.5 Å². The Balaban J connectivity index is 2.10. The summed E-state index contributed by atoms with van der Waals surface area (Å²) in [7, 11) is 1.50. The summed E-state index contributed by atoms with van der Waals surface area (Å²) in [4.78, 5) is 16.3. The lowest BCUT2D eigenvalue weighted by Crippen LogP contribution is -2.23. The van der Waals surface area contributed by atoms with E-state index in [0.717, 1.165) is 11.5 Å². The van der Waals surface area contributed by atoms with Gasteiger partial charge in [-0.25, -0.2) is 4.98 Å². The van der Waals surface area contributed by atoms with E-state index in [9.17, 15) is 4.79 Å². The molecular formula is C14H15ClN2O3. The molecule has 1 aromatic carbocycles. The van der Waals surface area contributed by atoms with Crippen molar-refractivity contribution < 1.29 is 13.9 Å². The highest BCUT2D eigenvalue weighted by atomic mass is 35.5. The van der Waals surface area contributed by atoms with Crippen LogP contribution in [0.2, 0.25) is 5.02 Å². The van der Waals surface area contributed by atoms with Crippen molar-refractivity contribution in [2.75, 3.05) is 7.11 Å². The van der Waals surface area contributed by atoms with Crippen LogP contribution in [0.25, 0.3) is 0 Å². The van der Waals surface area contributed by atoms with Crippen LogP contribution in [-0.2, 0) is 6.54 Å². The molecule has 0 unspecified atom stereocenters. The number of aryl methyl sites for hydroxylation is 2. The zero-order valence-electron chi connectivity index (χ0n) is 11.5. The van der Waals surface area contributed by atoms with Gasteiger partial charge in [-0.2, -0.15) is 0 Å². The number of hydrogen-bond donors (Lipinski definition) is 1. The first kappa shape index (κ1) is 14.4. The molecule has 0 saturated heterocycles. The van der Waals surface area contributed by atoms with Gasteiger partial charge in [-0.05, 0) is 32.0 Å². The minimum atomic E-state index is -0.294. The van der Waals surface area contributed by atoms with Crippen LogP contribution in [0.15, 0.2) is 22.6 Å². The molecule has 20 heavy (non-hydrogen) atoms. The van der Waals surface area contributed by atoms with E-state index in [1.165, 1.54) is 7.11 Å². The summed E-state index contributed by atoms with van der Waals surface area (Å²) in [6.45, 7) is 3.89. The molecule has 2 rings (SSSR count). The zero-order valence-corrected chi connectivity index (χ0v) is 12.2. The van der Waals surface area contributed by atoms with E-state index in [4.69, 9.17) is 20.8 Å². The summed E-state index contributed by atoms with van der Waals surface area (Å²) in [5.41, 5.74) is 1.19. The van der Waals surface area contributed by atoms with Gasteiger partial charge in [0, 0.05) is 5.02 Å². The Kier molecular flexibility index (Phi) is 4.29. The van der Waals surface area contributed by atoms with Gasteiger partial charge in [0.25, 0.3) is 5.91 Å². The minimum absolute atomic E-state index is 0.211. The summed E-state index contributed by atoms with van der Waals surface area (Å²) in [5.74, 6) is 1.38. The molecule has 1 heterocycles. The highest BCUT2D eigenvalue weighted by molar-refractivity contribution is 6.31. The Labute approximate surface area is 121 Å². The Morgan fingerprint density at radius 3 is 2.80 bits per heavy atom. The van der Waals surface area contributed by atoms with E-state index < -0.39 is 0 Å². The van der Waals surface area contributed by atoms with Crippen molar-refractivity contribution in [3.63, 3.8) is 0 Å². The highest BCUT2D eigenvalue weighted by Gasteiger charge is 2.14. The lowest BCUT2D eigenvalue weighted by atomic mass is 10.2. The summed E-state index contributed by atoms with van der Waals surface area (Å²) >= 11 is 5.89. The quantitative estimate of drug-likeness (QED) is 0.941. The number of ether oxygens (including phenoxy) is 1. The maximum atomic E-state index is 12.1. The number of hydrogen-bond acceptors (Lipinski definition) is 4. The van der Waals surface area contributed by atoms with Crippen LogP contribution >= 0.6 is 11.6 Å². The number of oxazole rings is 1. The van der Waals surface area contributed by atoms with E-state index in [0.29, 0.717) is 22.2 Å². The number of carbonyl (C=O) groups is 1. The van der Waals surface area contributed by atoms with Crippen LogP contribution in [0.4, 0.5) is 0 Å². The molecule has 2 aromatic rings. The normalized spacial score (nSPS) is 10.4. The fourth-order valence-electron chi connectivity index (χ4n) is 1.72. The second kappa shape index (κ2) is 5.96. The molecule has 106 valence electrons. The number of carbonyl (C=O) groups excluding carboxylic acids is 1. The second-order valence-electron chi connectivity index (χ2n) is 4.28. The molecule has 0 aliphatic heterocycles. The van der Waals surface area contributed by atoms with Crippen LogP contribution < -0.4 is 10.1 Å². The number of benzene rings is 1. The standard InChI is InChI=1S/C14H15ClN2O3/c1-8-9(2)20-13(17-8)7-16-14(18)11-6-10(15)4-5-12(11)19-3/h4-6H,7H2,1-3H3,(H,16,18). The van der Waals surface area contributed by atoms with Gasteiger partial charge in [0.05, 0.1) is 24.9 Å². The molecule has 0 bridgehead atoms. The average molecular weight is 295 g/mol. The summed E-state index contributed by atoms with van der Waals surface area (Å²) in [6.07, 6.45) is 0. The number of aromatic nitrogens is 1. The third-order valence-corrected chi connectivity index (χ3v) is 3.11. The molecule has 0 aliphatic carbocycles. The van der Waals surface area contributed by atoms with Gasteiger partial charge in [0.15, 0.2) is 0 Å². The third kappa shape index (κ3) is 3.11. The average Bonchev–Trinajstić information content (AvgIpc) is 2.75. The maximum Gasteiger partial charge on any atom is 0.255 e. The second-order valence-corrected chi connectivity index (χ2v) is 4.71. The first-order chi connectivity index (χ1) is 9.51. The minimum Gasteiger partial charge on any atom is -0.496 e. The number of nitrogens with zero attached hydrogens (tertiary/aromatic N) is 1. The SMILES string of the molecule is COc1ccc(Cl)cc1C(=O)NCc1nc(C)c(C)o1. The molecule has 5 nitrogen and oxygen atoms in total. The van der Waals surface area contributed by atoms with Gasteiger partial charge < -0.3 is 14.5 Å². The molecule has 1 aromatic heterocycles. The van der Waals surface area contributed by atoms with Crippen molar-refractivity contribution in [1.29, 1.82) is 0 Å². The van der Waals surface area contributed by atoms with Gasteiger partial charge in [-0.3, -0.25) is 4.79 Å². The first-order valence-electron chi connectivity index (χ1n) is 6.06. The zero-order chi connectivity index (χ0) is 14.7. The monoisotopic (exact) mass is 294 g/mol. The lowest BCUT2D eigenvalue weighted by molar-refractivity contribution is 0.0944. The molecule has 1 amide bonds. The topological polar surface area (TPSA) is 64.4 Å². The molecule has 1 N–H and O–H groups in total. The van der Waals surface area contributed by atoms with Gasteiger partial charge in [0.2, 0.25) is 5.89 Å². The van der Waals surface area contributed by atoms with Crippen LogP contribution in [-0.4, -0.2) is 18.0 Å².